The average Bonchev–Trinajstić information content (AvgIpc) is 2.47. The summed E-state index contributed by atoms with van der Waals surface area (Å²) in [6.45, 7) is 5.92. The maximum Gasteiger partial charge on any atom is 0.119 e. The molecule has 0 spiro atoms. The molecule has 1 saturated carbocycles. The summed E-state index contributed by atoms with van der Waals surface area (Å²) < 4.78 is 10.6. The molecule has 0 amide bonds. The molecule has 2 rings (SSSR count). The Morgan fingerprint density at radius 3 is 2.50 bits per heavy atom. The van der Waals surface area contributed by atoms with Crippen molar-refractivity contribution in [3.8, 4) is 5.75 Å². The SMILES string of the molecule is CCC1(C)C(NC)CC1c1ccc(OCCOC)cc1. The highest BCUT2D eigenvalue weighted by atomic mass is 16.5. The van der Waals surface area contributed by atoms with E-state index in [-0.39, 0.29) is 0 Å². The Morgan fingerprint density at radius 2 is 1.95 bits per heavy atom. The van der Waals surface area contributed by atoms with Gasteiger partial charge in [0.15, 0.2) is 0 Å². The molecule has 1 aliphatic carbocycles. The molecule has 0 aliphatic heterocycles. The van der Waals surface area contributed by atoms with E-state index in [2.05, 4.69) is 50.5 Å². The van der Waals surface area contributed by atoms with Gasteiger partial charge in [0.2, 0.25) is 0 Å². The molecule has 1 fully saturated rings. The molecule has 1 aliphatic rings. The molecular formula is C17H27NO2. The van der Waals surface area contributed by atoms with Crippen LogP contribution in [-0.2, 0) is 4.74 Å². The highest BCUT2D eigenvalue weighted by Crippen LogP contribution is 2.54. The van der Waals surface area contributed by atoms with Crippen molar-refractivity contribution in [3.63, 3.8) is 0 Å². The van der Waals surface area contributed by atoms with Gasteiger partial charge in [-0.15, -0.1) is 0 Å². The zero-order valence-electron chi connectivity index (χ0n) is 13.1. The van der Waals surface area contributed by atoms with Crippen molar-refractivity contribution in [3.05, 3.63) is 29.8 Å². The van der Waals surface area contributed by atoms with E-state index in [9.17, 15) is 0 Å². The second kappa shape index (κ2) is 6.59. The third kappa shape index (κ3) is 2.84. The first-order valence-electron chi connectivity index (χ1n) is 7.54. The first-order valence-corrected chi connectivity index (χ1v) is 7.54. The third-order valence-electron chi connectivity index (χ3n) is 5.01. The van der Waals surface area contributed by atoms with E-state index in [0.29, 0.717) is 30.6 Å². The van der Waals surface area contributed by atoms with E-state index in [1.54, 1.807) is 7.11 Å². The number of hydrogen-bond donors (Lipinski definition) is 1. The Bertz CT molecular complexity index is 418. The van der Waals surface area contributed by atoms with Crippen LogP contribution >= 0.6 is 0 Å². The van der Waals surface area contributed by atoms with Gasteiger partial charge in [0.25, 0.3) is 0 Å². The van der Waals surface area contributed by atoms with Gasteiger partial charge in [-0.05, 0) is 48.9 Å². The van der Waals surface area contributed by atoms with Crippen LogP contribution in [0, 0.1) is 5.41 Å². The molecule has 0 heterocycles. The second-order valence-corrected chi connectivity index (χ2v) is 5.90. The van der Waals surface area contributed by atoms with Crippen LogP contribution in [0.3, 0.4) is 0 Å². The summed E-state index contributed by atoms with van der Waals surface area (Å²) in [7, 11) is 3.76. The molecule has 3 nitrogen and oxygen atoms in total. The fraction of sp³-hybridized carbons (Fsp3) is 0.647. The van der Waals surface area contributed by atoms with Gasteiger partial charge < -0.3 is 14.8 Å². The number of benzene rings is 1. The van der Waals surface area contributed by atoms with E-state index < -0.39 is 0 Å². The summed E-state index contributed by atoms with van der Waals surface area (Å²) in [5.41, 5.74) is 1.80. The molecular weight excluding hydrogens is 250 g/mol. The van der Waals surface area contributed by atoms with E-state index in [4.69, 9.17) is 9.47 Å². The molecule has 112 valence electrons. The van der Waals surface area contributed by atoms with Crippen molar-refractivity contribution in [2.75, 3.05) is 27.4 Å². The van der Waals surface area contributed by atoms with Crippen LogP contribution in [0.25, 0.3) is 0 Å². The minimum atomic E-state index is 0.368. The summed E-state index contributed by atoms with van der Waals surface area (Å²) in [4.78, 5) is 0. The summed E-state index contributed by atoms with van der Waals surface area (Å²) >= 11 is 0. The standard InChI is InChI=1S/C17H27NO2/c1-5-17(2)15(12-16(17)18-3)13-6-8-14(9-7-13)20-11-10-19-4/h6-9,15-16,18H,5,10-12H2,1-4H3. The third-order valence-corrected chi connectivity index (χ3v) is 5.01. The topological polar surface area (TPSA) is 30.5 Å². The predicted molar refractivity (Wildman–Crippen MR) is 82.4 cm³/mol. The van der Waals surface area contributed by atoms with Crippen LogP contribution < -0.4 is 10.1 Å². The Kier molecular flexibility index (Phi) is 5.06. The summed E-state index contributed by atoms with van der Waals surface area (Å²) in [5.74, 6) is 1.58. The average molecular weight is 277 g/mol. The van der Waals surface area contributed by atoms with Crippen LogP contribution in [0.1, 0.15) is 38.2 Å². The molecule has 0 saturated heterocycles. The first-order chi connectivity index (χ1) is 9.65. The van der Waals surface area contributed by atoms with E-state index in [1.807, 2.05) is 0 Å². The molecule has 20 heavy (non-hydrogen) atoms. The van der Waals surface area contributed by atoms with Gasteiger partial charge in [0.05, 0.1) is 6.61 Å². The summed E-state index contributed by atoms with van der Waals surface area (Å²) in [6, 6.07) is 9.22. The van der Waals surface area contributed by atoms with Gasteiger partial charge in [-0.2, -0.15) is 0 Å². The zero-order chi connectivity index (χ0) is 14.6. The van der Waals surface area contributed by atoms with E-state index >= 15 is 0 Å². The highest BCUT2D eigenvalue weighted by molar-refractivity contribution is 5.33. The largest absolute Gasteiger partial charge is 0.491 e. The van der Waals surface area contributed by atoms with Crippen molar-refractivity contribution in [2.45, 2.75) is 38.6 Å². The van der Waals surface area contributed by atoms with Crippen molar-refractivity contribution in [1.82, 2.24) is 5.32 Å². The number of hydrogen-bond acceptors (Lipinski definition) is 3. The highest BCUT2D eigenvalue weighted by Gasteiger charge is 2.49. The lowest BCUT2D eigenvalue weighted by Crippen LogP contribution is -2.55. The van der Waals surface area contributed by atoms with Crippen LogP contribution in [0.2, 0.25) is 0 Å². The fourth-order valence-corrected chi connectivity index (χ4v) is 3.35. The monoisotopic (exact) mass is 277 g/mol. The molecule has 3 heteroatoms. The van der Waals surface area contributed by atoms with Crippen LogP contribution in [0.5, 0.6) is 5.75 Å². The Morgan fingerprint density at radius 1 is 1.25 bits per heavy atom. The normalized spacial score (nSPS) is 29.0. The van der Waals surface area contributed by atoms with Crippen LogP contribution in [0.15, 0.2) is 24.3 Å². The second-order valence-electron chi connectivity index (χ2n) is 5.90. The Hall–Kier alpha value is -1.06. The zero-order valence-corrected chi connectivity index (χ0v) is 13.1. The lowest BCUT2D eigenvalue weighted by Gasteiger charge is -2.54. The predicted octanol–water partition coefficient (Wildman–Crippen LogP) is 3.20. The smallest absolute Gasteiger partial charge is 0.119 e. The maximum absolute atomic E-state index is 5.62. The van der Waals surface area contributed by atoms with Crippen molar-refractivity contribution in [2.24, 2.45) is 5.41 Å². The minimum absolute atomic E-state index is 0.368. The lowest BCUT2D eigenvalue weighted by molar-refractivity contribution is 0.0494. The van der Waals surface area contributed by atoms with E-state index in [1.165, 1.54) is 18.4 Å². The van der Waals surface area contributed by atoms with Crippen molar-refractivity contribution >= 4 is 0 Å². The minimum Gasteiger partial charge on any atom is -0.491 e. The van der Waals surface area contributed by atoms with Gasteiger partial charge in [0, 0.05) is 13.2 Å². The van der Waals surface area contributed by atoms with Gasteiger partial charge in [-0.25, -0.2) is 0 Å². The lowest BCUT2D eigenvalue weighted by atomic mass is 9.54. The van der Waals surface area contributed by atoms with Gasteiger partial charge in [-0.1, -0.05) is 26.0 Å². The van der Waals surface area contributed by atoms with Crippen molar-refractivity contribution in [1.29, 1.82) is 0 Å². The summed E-state index contributed by atoms with van der Waals surface area (Å²) in [5, 5.41) is 3.45. The molecule has 0 radical (unpaired) electrons. The summed E-state index contributed by atoms with van der Waals surface area (Å²) in [6.07, 6.45) is 2.43. The Balaban J connectivity index is 2.00. The van der Waals surface area contributed by atoms with Crippen LogP contribution in [-0.4, -0.2) is 33.4 Å². The molecule has 1 aromatic carbocycles. The number of nitrogens with one attached hydrogen (secondary N) is 1. The van der Waals surface area contributed by atoms with Gasteiger partial charge in [0.1, 0.15) is 12.4 Å². The quantitative estimate of drug-likeness (QED) is 0.776. The molecule has 1 N–H and O–H groups in total. The fourth-order valence-electron chi connectivity index (χ4n) is 3.35. The molecule has 0 aromatic heterocycles. The molecule has 0 bridgehead atoms. The van der Waals surface area contributed by atoms with Gasteiger partial charge >= 0.3 is 0 Å². The molecule has 3 atom stereocenters. The van der Waals surface area contributed by atoms with Gasteiger partial charge in [-0.3, -0.25) is 0 Å². The number of ether oxygens (including phenoxy) is 2. The Labute approximate surface area is 122 Å². The number of methoxy groups -OCH3 is 1. The first kappa shape index (κ1) is 15.3. The molecule has 1 aromatic rings. The van der Waals surface area contributed by atoms with Crippen molar-refractivity contribution < 1.29 is 9.47 Å². The maximum atomic E-state index is 5.62. The van der Waals surface area contributed by atoms with E-state index in [0.717, 1.165) is 5.75 Å². The number of rotatable bonds is 7. The van der Waals surface area contributed by atoms with Crippen LogP contribution in [0.4, 0.5) is 0 Å². The molecule has 3 unspecified atom stereocenters.